The number of benzene rings is 1. The molecule has 100 valence electrons. The van der Waals surface area contributed by atoms with Gasteiger partial charge in [0.15, 0.2) is 5.69 Å². The van der Waals surface area contributed by atoms with Gasteiger partial charge in [0.25, 0.3) is 0 Å². The third-order valence-corrected chi connectivity index (χ3v) is 3.88. The molecule has 0 saturated carbocycles. The summed E-state index contributed by atoms with van der Waals surface area (Å²) < 4.78 is 2.20. The fraction of sp³-hybridized carbons (Fsp3) is 0.167. The van der Waals surface area contributed by atoms with E-state index in [-0.39, 0.29) is 0 Å². The summed E-state index contributed by atoms with van der Waals surface area (Å²) in [5.74, 6) is 0. The number of para-hydroxylation sites is 1. The fourth-order valence-corrected chi connectivity index (χ4v) is 2.56. The lowest BCUT2D eigenvalue weighted by Gasteiger charge is -1.97. The number of hydrogen-bond acceptors (Lipinski definition) is 0. The normalized spacial score (nSPS) is 11.6. The lowest BCUT2D eigenvalue weighted by Crippen LogP contribution is -2.34. The third-order valence-electron chi connectivity index (χ3n) is 3.88. The molecule has 3 rings (SSSR count). The Labute approximate surface area is 119 Å². The van der Waals surface area contributed by atoms with Crippen LogP contribution in [0.3, 0.4) is 0 Å². The summed E-state index contributed by atoms with van der Waals surface area (Å²) in [5, 5.41) is 1.27. The smallest absolute Gasteiger partial charge is 0.205 e. The number of nitrogens with one attached hydrogen (secondary N) is 1. The lowest BCUT2D eigenvalue weighted by molar-refractivity contribution is -0.679. The van der Waals surface area contributed by atoms with Crippen molar-refractivity contribution in [1.82, 2.24) is 4.98 Å². The minimum Gasteiger partial charge on any atom is -0.358 e. The highest BCUT2D eigenvalue weighted by Gasteiger charge is 2.07. The Kier molecular flexibility index (Phi) is 3.15. The highest BCUT2D eigenvalue weighted by molar-refractivity contribution is 5.92. The van der Waals surface area contributed by atoms with Crippen molar-refractivity contribution in [1.29, 1.82) is 0 Å². The van der Waals surface area contributed by atoms with Crippen LogP contribution in [-0.4, -0.2) is 4.98 Å². The average Bonchev–Trinajstić information content (AvgIpc) is 2.76. The Bertz CT molecular complexity index is 794. The van der Waals surface area contributed by atoms with Gasteiger partial charge in [0, 0.05) is 47.3 Å². The molecule has 20 heavy (non-hydrogen) atoms. The number of aryl methyl sites for hydroxylation is 2. The van der Waals surface area contributed by atoms with Crippen molar-refractivity contribution in [2.45, 2.75) is 13.8 Å². The summed E-state index contributed by atoms with van der Waals surface area (Å²) in [6.07, 6.45) is 4.37. The number of pyridine rings is 1. The van der Waals surface area contributed by atoms with E-state index in [1.54, 1.807) is 0 Å². The van der Waals surface area contributed by atoms with Gasteiger partial charge in [0.1, 0.15) is 7.05 Å². The molecule has 0 fully saturated rings. The van der Waals surface area contributed by atoms with Crippen molar-refractivity contribution in [2.24, 2.45) is 7.05 Å². The van der Waals surface area contributed by atoms with Crippen molar-refractivity contribution in [2.75, 3.05) is 0 Å². The van der Waals surface area contributed by atoms with Crippen LogP contribution >= 0.6 is 0 Å². The van der Waals surface area contributed by atoms with Crippen LogP contribution in [0.4, 0.5) is 0 Å². The van der Waals surface area contributed by atoms with Gasteiger partial charge >= 0.3 is 0 Å². The summed E-state index contributed by atoms with van der Waals surface area (Å²) in [6.45, 7) is 4.24. The van der Waals surface area contributed by atoms with Crippen molar-refractivity contribution in [3.05, 3.63) is 65.1 Å². The van der Waals surface area contributed by atoms with Crippen molar-refractivity contribution in [3.63, 3.8) is 0 Å². The standard InChI is InChI=1S/C18H18N2/c1-13-7-6-8-15(20(13)3)11-12-16-14(2)19-18-10-5-4-9-17(16)18/h4-12H,1-3H3/p+1. The molecule has 0 spiro atoms. The Morgan fingerprint density at radius 1 is 0.950 bits per heavy atom. The Balaban J connectivity index is 2.07. The van der Waals surface area contributed by atoms with Crippen molar-refractivity contribution < 1.29 is 4.57 Å². The number of hydrogen-bond donors (Lipinski definition) is 1. The van der Waals surface area contributed by atoms with E-state index in [1.165, 1.54) is 33.5 Å². The van der Waals surface area contributed by atoms with Crippen LogP contribution in [0.1, 0.15) is 22.6 Å². The summed E-state index contributed by atoms with van der Waals surface area (Å²) in [4.78, 5) is 3.43. The maximum Gasteiger partial charge on any atom is 0.205 e. The number of fused-ring (bicyclic) bond motifs is 1. The van der Waals surface area contributed by atoms with Crippen LogP contribution in [-0.2, 0) is 7.05 Å². The minimum atomic E-state index is 1.19. The molecule has 0 bridgehead atoms. The molecule has 2 heterocycles. The number of aromatic amines is 1. The quantitative estimate of drug-likeness (QED) is 0.679. The summed E-state index contributed by atoms with van der Waals surface area (Å²) in [7, 11) is 2.09. The second kappa shape index (κ2) is 4.97. The zero-order valence-electron chi connectivity index (χ0n) is 12.1. The highest BCUT2D eigenvalue weighted by atomic mass is 14.9. The summed E-state index contributed by atoms with van der Waals surface area (Å²) in [5.41, 5.74) is 6.12. The van der Waals surface area contributed by atoms with Gasteiger partial charge in [-0.25, -0.2) is 0 Å². The number of aromatic nitrogens is 2. The second-order valence-electron chi connectivity index (χ2n) is 5.19. The van der Waals surface area contributed by atoms with Crippen LogP contribution in [0.5, 0.6) is 0 Å². The van der Waals surface area contributed by atoms with Gasteiger partial charge < -0.3 is 4.98 Å². The van der Waals surface area contributed by atoms with Crippen LogP contribution < -0.4 is 4.57 Å². The van der Waals surface area contributed by atoms with E-state index in [4.69, 9.17) is 0 Å². The Morgan fingerprint density at radius 2 is 1.75 bits per heavy atom. The van der Waals surface area contributed by atoms with E-state index in [2.05, 4.69) is 85.1 Å². The van der Waals surface area contributed by atoms with Gasteiger partial charge in [-0.2, -0.15) is 4.57 Å². The molecule has 0 radical (unpaired) electrons. The van der Waals surface area contributed by atoms with Crippen molar-refractivity contribution >= 4 is 23.1 Å². The van der Waals surface area contributed by atoms with Gasteiger partial charge in [-0.15, -0.1) is 0 Å². The minimum absolute atomic E-state index is 1.19. The molecule has 0 aliphatic heterocycles. The first-order valence-electron chi connectivity index (χ1n) is 6.88. The predicted octanol–water partition coefficient (Wildman–Crippen LogP) is 3.78. The SMILES string of the molecule is Cc1[nH]c2ccccc2c1/C=C/c1cccc(C)[n+]1C. The monoisotopic (exact) mass is 263 g/mol. The predicted molar refractivity (Wildman–Crippen MR) is 84.3 cm³/mol. The lowest BCUT2D eigenvalue weighted by atomic mass is 10.1. The van der Waals surface area contributed by atoms with Gasteiger partial charge in [-0.05, 0) is 25.1 Å². The van der Waals surface area contributed by atoms with Gasteiger partial charge in [0.05, 0.1) is 0 Å². The van der Waals surface area contributed by atoms with E-state index in [0.717, 1.165) is 0 Å². The average molecular weight is 263 g/mol. The topological polar surface area (TPSA) is 19.7 Å². The van der Waals surface area contributed by atoms with Crippen molar-refractivity contribution in [3.8, 4) is 0 Å². The number of rotatable bonds is 2. The largest absolute Gasteiger partial charge is 0.358 e. The van der Waals surface area contributed by atoms with Crippen LogP contribution in [0.2, 0.25) is 0 Å². The Hall–Kier alpha value is -2.35. The maximum absolute atomic E-state index is 3.43. The molecule has 0 aliphatic rings. The molecule has 1 N–H and O–H groups in total. The Morgan fingerprint density at radius 3 is 2.60 bits per heavy atom. The van der Waals surface area contributed by atoms with E-state index < -0.39 is 0 Å². The van der Waals surface area contributed by atoms with E-state index in [0.29, 0.717) is 0 Å². The molecular formula is C18H19N2+. The number of H-pyrrole nitrogens is 1. The maximum atomic E-state index is 3.43. The first-order valence-corrected chi connectivity index (χ1v) is 6.88. The molecular weight excluding hydrogens is 244 g/mol. The zero-order valence-corrected chi connectivity index (χ0v) is 12.1. The molecule has 1 aromatic carbocycles. The highest BCUT2D eigenvalue weighted by Crippen LogP contribution is 2.23. The van der Waals surface area contributed by atoms with Crippen LogP contribution in [0.15, 0.2) is 42.5 Å². The third kappa shape index (κ3) is 2.14. The fourth-order valence-electron chi connectivity index (χ4n) is 2.56. The molecule has 2 nitrogen and oxygen atoms in total. The first-order chi connectivity index (χ1) is 9.66. The van der Waals surface area contributed by atoms with Crippen LogP contribution in [0.25, 0.3) is 23.1 Å². The summed E-state index contributed by atoms with van der Waals surface area (Å²) in [6, 6.07) is 14.8. The second-order valence-corrected chi connectivity index (χ2v) is 5.19. The summed E-state index contributed by atoms with van der Waals surface area (Å²) >= 11 is 0. The molecule has 2 heteroatoms. The molecule has 0 amide bonds. The molecule has 0 saturated heterocycles. The van der Waals surface area contributed by atoms with E-state index in [1.807, 2.05) is 0 Å². The van der Waals surface area contributed by atoms with Gasteiger partial charge in [-0.1, -0.05) is 18.2 Å². The zero-order chi connectivity index (χ0) is 14.1. The van der Waals surface area contributed by atoms with E-state index in [9.17, 15) is 0 Å². The van der Waals surface area contributed by atoms with E-state index >= 15 is 0 Å². The van der Waals surface area contributed by atoms with Crippen LogP contribution in [0, 0.1) is 13.8 Å². The molecule has 2 aromatic heterocycles. The molecule has 0 unspecified atom stereocenters. The van der Waals surface area contributed by atoms with Gasteiger partial charge in [0.2, 0.25) is 5.69 Å². The van der Waals surface area contributed by atoms with Gasteiger partial charge in [-0.3, -0.25) is 0 Å². The molecule has 0 atom stereocenters. The molecule has 0 aliphatic carbocycles. The number of nitrogens with zero attached hydrogens (tertiary/aromatic N) is 1. The molecule has 3 aromatic rings. The first kappa shape index (κ1) is 12.7.